The molecule has 0 fully saturated rings. The van der Waals surface area contributed by atoms with Crippen LogP contribution in [-0.2, 0) is 5.54 Å². The van der Waals surface area contributed by atoms with Crippen LogP contribution in [0.3, 0.4) is 0 Å². The number of unbranched alkanes of at least 4 members (excludes halogenated alkanes) is 1. The third kappa shape index (κ3) is 5.75. The van der Waals surface area contributed by atoms with Crippen molar-refractivity contribution < 1.29 is 9.90 Å². The SMILES string of the molecule is CCCCN(CCCO)C(=O)Nc1cnn(C(C)(C)C)c1. The van der Waals surface area contributed by atoms with Crippen LogP contribution in [0.2, 0.25) is 0 Å². The molecule has 2 amide bonds. The molecule has 1 rings (SSSR count). The van der Waals surface area contributed by atoms with Gasteiger partial charge in [-0.3, -0.25) is 4.68 Å². The molecule has 6 nitrogen and oxygen atoms in total. The number of hydrogen-bond acceptors (Lipinski definition) is 3. The lowest BCUT2D eigenvalue weighted by atomic mass is 10.1. The van der Waals surface area contributed by atoms with Gasteiger partial charge in [0.25, 0.3) is 0 Å². The summed E-state index contributed by atoms with van der Waals surface area (Å²) >= 11 is 0. The summed E-state index contributed by atoms with van der Waals surface area (Å²) in [6.07, 6.45) is 6.08. The maximum atomic E-state index is 12.3. The molecule has 21 heavy (non-hydrogen) atoms. The maximum Gasteiger partial charge on any atom is 0.321 e. The normalized spacial score (nSPS) is 11.5. The average molecular weight is 296 g/mol. The minimum absolute atomic E-state index is 0.0951. The molecule has 0 radical (unpaired) electrons. The molecule has 0 aliphatic heterocycles. The predicted octanol–water partition coefficient (Wildman–Crippen LogP) is 2.65. The van der Waals surface area contributed by atoms with E-state index < -0.39 is 0 Å². The van der Waals surface area contributed by atoms with Crippen molar-refractivity contribution in [2.24, 2.45) is 0 Å². The van der Waals surface area contributed by atoms with Crippen LogP contribution < -0.4 is 5.32 Å². The molecule has 0 saturated carbocycles. The van der Waals surface area contributed by atoms with Crippen LogP contribution in [0.1, 0.15) is 47.0 Å². The minimum atomic E-state index is -0.134. The van der Waals surface area contributed by atoms with Gasteiger partial charge in [0, 0.05) is 25.9 Å². The predicted molar refractivity (Wildman–Crippen MR) is 84.4 cm³/mol. The molecule has 1 aromatic rings. The Kier molecular flexibility index (Phi) is 6.68. The lowest BCUT2D eigenvalue weighted by Gasteiger charge is -2.22. The molecule has 2 N–H and O–H groups in total. The number of urea groups is 1. The van der Waals surface area contributed by atoms with E-state index in [0.717, 1.165) is 12.8 Å². The van der Waals surface area contributed by atoms with Crippen molar-refractivity contribution in [3.05, 3.63) is 12.4 Å². The molecular weight excluding hydrogens is 268 g/mol. The summed E-state index contributed by atoms with van der Waals surface area (Å²) in [7, 11) is 0. The fourth-order valence-corrected chi connectivity index (χ4v) is 1.88. The van der Waals surface area contributed by atoms with Crippen molar-refractivity contribution in [2.45, 2.75) is 52.5 Å². The number of aliphatic hydroxyl groups is 1. The van der Waals surface area contributed by atoms with Crippen molar-refractivity contribution in [1.29, 1.82) is 0 Å². The second kappa shape index (κ2) is 8.02. The first kappa shape index (κ1) is 17.5. The summed E-state index contributed by atoms with van der Waals surface area (Å²) < 4.78 is 1.83. The average Bonchev–Trinajstić information content (AvgIpc) is 2.87. The van der Waals surface area contributed by atoms with E-state index in [2.05, 4.69) is 38.1 Å². The number of nitrogens with one attached hydrogen (secondary N) is 1. The molecule has 0 saturated heterocycles. The van der Waals surface area contributed by atoms with Gasteiger partial charge in [0.1, 0.15) is 0 Å². The van der Waals surface area contributed by atoms with Gasteiger partial charge in [0.05, 0.1) is 17.4 Å². The van der Waals surface area contributed by atoms with Crippen LogP contribution in [0.25, 0.3) is 0 Å². The molecule has 120 valence electrons. The Morgan fingerprint density at radius 3 is 2.57 bits per heavy atom. The van der Waals surface area contributed by atoms with Gasteiger partial charge >= 0.3 is 6.03 Å². The molecular formula is C15H28N4O2. The van der Waals surface area contributed by atoms with Gasteiger partial charge in [-0.1, -0.05) is 13.3 Å². The van der Waals surface area contributed by atoms with Gasteiger partial charge in [-0.25, -0.2) is 4.79 Å². The minimum Gasteiger partial charge on any atom is -0.396 e. The second-order valence-electron chi connectivity index (χ2n) is 6.19. The number of anilines is 1. The molecule has 6 heteroatoms. The summed E-state index contributed by atoms with van der Waals surface area (Å²) in [4.78, 5) is 14.0. The van der Waals surface area contributed by atoms with Crippen LogP contribution >= 0.6 is 0 Å². The monoisotopic (exact) mass is 296 g/mol. The van der Waals surface area contributed by atoms with E-state index in [1.165, 1.54) is 0 Å². The van der Waals surface area contributed by atoms with Crippen LogP contribution in [0.15, 0.2) is 12.4 Å². The summed E-state index contributed by atoms with van der Waals surface area (Å²) in [6, 6.07) is -0.134. The van der Waals surface area contributed by atoms with Gasteiger partial charge in [-0.2, -0.15) is 5.10 Å². The quantitative estimate of drug-likeness (QED) is 0.812. The van der Waals surface area contributed by atoms with E-state index in [1.54, 1.807) is 11.1 Å². The lowest BCUT2D eigenvalue weighted by molar-refractivity contribution is 0.201. The van der Waals surface area contributed by atoms with Crippen LogP contribution in [-0.4, -0.2) is 45.5 Å². The molecule has 0 atom stereocenters. The third-order valence-electron chi connectivity index (χ3n) is 3.18. The highest BCUT2D eigenvalue weighted by Gasteiger charge is 2.17. The molecule has 0 aliphatic rings. The molecule has 0 bridgehead atoms. The molecule has 0 aromatic carbocycles. The summed E-state index contributed by atoms with van der Waals surface area (Å²) in [6.45, 7) is 9.63. The van der Waals surface area contributed by atoms with Crippen molar-refractivity contribution in [1.82, 2.24) is 14.7 Å². The standard InChI is InChI=1S/C15H28N4O2/c1-5-6-8-18(9-7-10-20)14(21)17-13-11-16-19(12-13)15(2,3)4/h11-12,20H,5-10H2,1-4H3,(H,17,21). The number of aliphatic hydroxyl groups excluding tert-OH is 1. The Morgan fingerprint density at radius 1 is 1.38 bits per heavy atom. The first-order valence-electron chi connectivity index (χ1n) is 7.60. The lowest BCUT2D eigenvalue weighted by Crippen LogP contribution is -2.36. The van der Waals surface area contributed by atoms with E-state index >= 15 is 0 Å². The van der Waals surface area contributed by atoms with E-state index in [1.807, 2.05) is 10.9 Å². The number of hydrogen-bond donors (Lipinski definition) is 2. The largest absolute Gasteiger partial charge is 0.396 e. The summed E-state index contributed by atoms with van der Waals surface area (Å²) in [5.41, 5.74) is 0.585. The molecule has 0 unspecified atom stereocenters. The zero-order chi connectivity index (χ0) is 15.9. The zero-order valence-corrected chi connectivity index (χ0v) is 13.6. The molecule has 0 spiro atoms. The van der Waals surface area contributed by atoms with Crippen LogP contribution in [0.4, 0.5) is 10.5 Å². The van der Waals surface area contributed by atoms with E-state index in [4.69, 9.17) is 5.11 Å². The van der Waals surface area contributed by atoms with Gasteiger partial charge < -0.3 is 15.3 Å². The van der Waals surface area contributed by atoms with Crippen molar-refractivity contribution in [3.8, 4) is 0 Å². The first-order valence-corrected chi connectivity index (χ1v) is 7.60. The fourth-order valence-electron chi connectivity index (χ4n) is 1.88. The summed E-state index contributed by atoms with van der Waals surface area (Å²) in [5.74, 6) is 0. The first-order chi connectivity index (χ1) is 9.88. The number of carbonyl (C=O) groups excluding carboxylic acids is 1. The number of aromatic nitrogens is 2. The highest BCUT2D eigenvalue weighted by molar-refractivity contribution is 5.89. The smallest absolute Gasteiger partial charge is 0.321 e. The van der Waals surface area contributed by atoms with Crippen LogP contribution in [0, 0.1) is 0 Å². The van der Waals surface area contributed by atoms with E-state index in [9.17, 15) is 4.79 Å². The molecule has 1 aromatic heterocycles. The highest BCUT2D eigenvalue weighted by Crippen LogP contribution is 2.16. The van der Waals surface area contributed by atoms with E-state index in [-0.39, 0.29) is 18.2 Å². The fraction of sp³-hybridized carbons (Fsp3) is 0.733. The van der Waals surface area contributed by atoms with Crippen molar-refractivity contribution in [2.75, 3.05) is 25.0 Å². The Balaban J connectivity index is 2.65. The molecule has 1 heterocycles. The van der Waals surface area contributed by atoms with Crippen molar-refractivity contribution in [3.63, 3.8) is 0 Å². The topological polar surface area (TPSA) is 70.4 Å². The van der Waals surface area contributed by atoms with Gasteiger partial charge in [-0.15, -0.1) is 0 Å². The van der Waals surface area contributed by atoms with Gasteiger partial charge in [0.15, 0.2) is 0 Å². The second-order valence-corrected chi connectivity index (χ2v) is 6.19. The molecule has 0 aliphatic carbocycles. The Hall–Kier alpha value is -1.56. The zero-order valence-electron chi connectivity index (χ0n) is 13.6. The van der Waals surface area contributed by atoms with Gasteiger partial charge in [0.2, 0.25) is 0 Å². The maximum absolute atomic E-state index is 12.3. The number of rotatable bonds is 7. The summed E-state index contributed by atoms with van der Waals surface area (Å²) in [5, 5.41) is 16.1. The Labute approximate surface area is 127 Å². The van der Waals surface area contributed by atoms with E-state index in [0.29, 0.717) is 25.2 Å². The highest BCUT2D eigenvalue weighted by atomic mass is 16.3. The Morgan fingerprint density at radius 2 is 2.05 bits per heavy atom. The number of nitrogens with zero attached hydrogens (tertiary/aromatic N) is 3. The number of amides is 2. The number of carbonyl (C=O) groups is 1. The van der Waals surface area contributed by atoms with Gasteiger partial charge in [-0.05, 0) is 33.6 Å². The van der Waals surface area contributed by atoms with Crippen molar-refractivity contribution >= 4 is 11.7 Å². The Bertz CT molecular complexity index is 429. The third-order valence-corrected chi connectivity index (χ3v) is 3.18. The van der Waals surface area contributed by atoms with Crippen LogP contribution in [0.5, 0.6) is 0 Å².